The first kappa shape index (κ1) is 8.62. The summed E-state index contributed by atoms with van der Waals surface area (Å²) in [6.45, 7) is 0.626. The third kappa shape index (κ3) is 1.85. The highest BCUT2D eigenvalue weighted by Gasteiger charge is 1.94. The van der Waals surface area contributed by atoms with Crippen molar-refractivity contribution in [3.05, 3.63) is 58.5 Å². The van der Waals surface area contributed by atoms with E-state index < -0.39 is 0 Å². The van der Waals surface area contributed by atoms with Crippen molar-refractivity contribution in [1.82, 2.24) is 9.89 Å². The predicted octanol–water partition coefficient (Wildman–Crippen LogP) is 0.920. The summed E-state index contributed by atoms with van der Waals surface area (Å²) in [6, 6.07) is 11.4. The van der Waals surface area contributed by atoms with Crippen LogP contribution in [0.1, 0.15) is 5.56 Å². The second kappa shape index (κ2) is 3.83. The highest BCUT2D eigenvalue weighted by atomic mass is 16.1. The van der Waals surface area contributed by atoms with Crippen molar-refractivity contribution in [1.29, 1.82) is 0 Å². The minimum Gasteiger partial charge on any atom is -0.304 e. The van der Waals surface area contributed by atoms with E-state index in [2.05, 4.69) is 10.5 Å². The number of aromatic amines is 1. The van der Waals surface area contributed by atoms with Crippen LogP contribution in [0.5, 0.6) is 0 Å². The van der Waals surface area contributed by atoms with Crippen LogP contribution in [0, 0.1) is 0 Å². The van der Waals surface area contributed by atoms with Crippen molar-refractivity contribution >= 4 is 0 Å². The Morgan fingerprint density at radius 3 is 2.64 bits per heavy atom. The third-order valence-electron chi connectivity index (χ3n) is 1.93. The van der Waals surface area contributed by atoms with Gasteiger partial charge >= 0.3 is 0 Å². The average Bonchev–Trinajstić information content (AvgIpc) is 2.63. The zero-order valence-corrected chi connectivity index (χ0v) is 7.60. The van der Waals surface area contributed by atoms with E-state index in [1.807, 2.05) is 30.3 Å². The van der Waals surface area contributed by atoms with E-state index in [0.717, 1.165) is 5.56 Å². The summed E-state index contributed by atoms with van der Waals surface area (Å²) in [5, 5.41) is 2.77. The van der Waals surface area contributed by atoms with Gasteiger partial charge in [0.1, 0.15) is 0 Å². The van der Waals surface area contributed by atoms with Gasteiger partial charge in [0.2, 0.25) is 0 Å². The Balaban J connectivity index is 2.02. The summed E-state index contributed by atoms with van der Waals surface area (Å²) < 4.78 is 0. The van der Waals surface area contributed by atoms with Gasteiger partial charge in [-0.15, -0.1) is 0 Å². The monoisotopic (exact) mass is 189 g/mol. The number of nitrogens with one attached hydrogen (secondary N) is 2. The van der Waals surface area contributed by atoms with Gasteiger partial charge in [0.25, 0.3) is 5.56 Å². The van der Waals surface area contributed by atoms with Gasteiger partial charge < -0.3 is 5.43 Å². The summed E-state index contributed by atoms with van der Waals surface area (Å²) in [4.78, 5) is 12.5. The largest absolute Gasteiger partial charge is 0.304 e. The molecule has 4 heteroatoms. The lowest BCUT2D eigenvalue weighted by Crippen LogP contribution is -2.26. The summed E-state index contributed by atoms with van der Waals surface area (Å²) in [7, 11) is 0. The quantitative estimate of drug-likeness (QED) is 0.754. The van der Waals surface area contributed by atoms with Crippen molar-refractivity contribution in [2.75, 3.05) is 5.43 Å². The summed E-state index contributed by atoms with van der Waals surface area (Å²) in [5.74, 6) is 0. The Kier molecular flexibility index (Phi) is 2.36. The van der Waals surface area contributed by atoms with Gasteiger partial charge in [-0.3, -0.25) is 9.89 Å². The first-order valence-corrected chi connectivity index (χ1v) is 4.40. The molecule has 1 heterocycles. The Labute approximate surface area is 81.1 Å². The van der Waals surface area contributed by atoms with Gasteiger partial charge in [0, 0.05) is 12.3 Å². The van der Waals surface area contributed by atoms with Crippen molar-refractivity contribution in [2.45, 2.75) is 6.54 Å². The van der Waals surface area contributed by atoms with Crippen molar-refractivity contribution in [3.63, 3.8) is 0 Å². The van der Waals surface area contributed by atoms with E-state index in [1.54, 1.807) is 6.20 Å². The van der Waals surface area contributed by atoms with Crippen LogP contribution in [0.4, 0.5) is 0 Å². The maximum atomic E-state index is 11.1. The van der Waals surface area contributed by atoms with Crippen LogP contribution in [-0.4, -0.2) is 9.89 Å². The van der Waals surface area contributed by atoms with Gasteiger partial charge in [-0.1, -0.05) is 30.3 Å². The molecule has 0 radical (unpaired) electrons. The first-order chi connectivity index (χ1) is 6.86. The molecule has 0 amide bonds. The van der Waals surface area contributed by atoms with Gasteiger partial charge in [0.05, 0.1) is 6.54 Å². The number of benzene rings is 1. The molecule has 0 saturated heterocycles. The van der Waals surface area contributed by atoms with E-state index in [9.17, 15) is 4.79 Å². The minimum atomic E-state index is -0.0825. The Bertz CT molecular complexity index is 444. The SMILES string of the molecule is O=c1cc[nH]n1NCc1ccccc1. The molecule has 0 aliphatic rings. The van der Waals surface area contributed by atoms with Gasteiger partial charge in [-0.2, -0.15) is 4.79 Å². The third-order valence-corrected chi connectivity index (χ3v) is 1.93. The number of nitrogens with zero attached hydrogens (tertiary/aromatic N) is 1. The highest BCUT2D eigenvalue weighted by Crippen LogP contribution is 1.97. The normalized spacial score (nSPS) is 10.0. The summed E-state index contributed by atoms with van der Waals surface area (Å²) in [5.41, 5.74) is 4.01. The van der Waals surface area contributed by atoms with E-state index in [4.69, 9.17) is 0 Å². The molecule has 2 N–H and O–H groups in total. The van der Waals surface area contributed by atoms with Crippen LogP contribution < -0.4 is 11.0 Å². The van der Waals surface area contributed by atoms with Gasteiger partial charge in [-0.05, 0) is 5.56 Å². The van der Waals surface area contributed by atoms with Crippen LogP contribution in [0.3, 0.4) is 0 Å². The highest BCUT2D eigenvalue weighted by molar-refractivity contribution is 5.15. The number of hydrogen-bond acceptors (Lipinski definition) is 2. The molecule has 0 fully saturated rings. The molecule has 0 spiro atoms. The molecule has 2 aromatic rings. The fourth-order valence-corrected chi connectivity index (χ4v) is 1.21. The smallest absolute Gasteiger partial charge is 0.285 e. The molecule has 1 aromatic carbocycles. The second-order valence-electron chi connectivity index (χ2n) is 2.96. The molecule has 0 atom stereocenters. The van der Waals surface area contributed by atoms with E-state index in [-0.39, 0.29) is 5.56 Å². The number of aromatic nitrogens is 2. The molecule has 1 aromatic heterocycles. The minimum absolute atomic E-state index is 0.0825. The molecule has 0 unspecified atom stereocenters. The standard InChI is InChI=1S/C10H11N3O/c14-10-6-7-11-13(10)12-8-9-4-2-1-3-5-9/h1-7,11-12H,8H2. The van der Waals surface area contributed by atoms with Crippen molar-refractivity contribution in [2.24, 2.45) is 0 Å². The van der Waals surface area contributed by atoms with E-state index in [1.165, 1.54) is 10.9 Å². The van der Waals surface area contributed by atoms with Crippen LogP contribution in [0.2, 0.25) is 0 Å². The molecule has 0 aliphatic carbocycles. The first-order valence-electron chi connectivity index (χ1n) is 4.40. The molecule has 0 bridgehead atoms. The lowest BCUT2D eigenvalue weighted by atomic mass is 10.2. The summed E-state index contributed by atoms with van der Waals surface area (Å²) in [6.07, 6.45) is 1.60. The molecule has 0 aliphatic heterocycles. The molecule has 0 saturated carbocycles. The van der Waals surface area contributed by atoms with Crippen LogP contribution in [0.15, 0.2) is 47.4 Å². The number of H-pyrrole nitrogens is 1. The molecule has 14 heavy (non-hydrogen) atoms. The van der Waals surface area contributed by atoms with Crippen LogP contribution in [-0.2, 0) is 6.54 Å². The number of rotatable bonds is 3. The fraction of sp³-hybridized carbons (Fsp3) is 0.100. The lowest BCUT2D eigenvalue weighted by molar-refractivity contribution is 0.709. The van der Waals surface area contributed by atoms with E-state index in [0.29, 0.717) is 6.54 Å². The van der Waals surface area contributed by atoms with E-state index >= 15 is 0 Å². The predicted molar refractivity (Wildman–Crippen MR) is 54.6 cm³/mol. The fourth-order valence-electron chi connectivity index (χ4n) is 1.21. The second-order valence-corrected chi connectivity index (χ2v) is 2.96. The van der Waals surface area contributed by atoms with Crippen molar-refractivity contribution < 1.29 is 0 Å². The molecule has 2 rings (SSSR count). The Morgan fingerprint density at radius 2 is 2.00 bits per heavy atom. The molecular weight excluding hydrogens is 178 g/mol. The topological polar surface area (TPSA) is 49.8 Å². The van der Waals surface area contributed by atoms with Crippen LogP contribution >= 0.6 is 0 Å². The molecule has 72 valence electrons. The maximum absolute atomic E-state index is 11.1. The summed E-state index contributed by atoms with van der Waals surface area (Å²) >= 11 is 0. The van der Waals surface area contributed by atoms with Gasteiger partial charge in [0.15, 0.2) is 0 Å². The Morgan fingerprint density at radius 1 is 1.21 bits per heavy atom. The zero-order valence-electron chi connectivity index (χ0n) is 7.60. The Hall–Kier alpha value is -1.97. The maximum Gasteiger partial charge on any atom is 0.285 e. The zero-order chi connectivity index (χ0) is 9.80. The molecule has 4 nitrogen and oxygen atoms in total. The number of hydrogen-bond donors (Lipinski definition) is 2. The molecular formula is C10H11N3O. The van der Waals surface area contributed by atoms with Crippen LogP contribution in [0.25, 0.3) is 0 Å². The lowest BCUT2D eigenvalue weighted by Gasteiger charge is -2.05. The van der Waals surface area contributed by atoms with Crippen molar-refractivity contribution in [3.8, 4) is 0 Å². The average molecular weight is 189 g/mol. The van der Waals surface area contributed by atoms with Gasteiger partial charge in [-0.25, -0.2) is 0 Å².